The number of hydrogen-bond donors (Lipinski definition) is 2. The summed E-state index contributed by atoms with van der Waals surface area (Å²) in [6.07, 6.45) is 6.36. The lowest BCUT2D eigenvalue weighted by molar-refractivity contribution is -0.120. The normalized spacial score (nSPS) is 15.5. The molecular weight excluding hydrogens is 264 g/mol. The van der Waals surface area contributed by atoms with E-state index in [1.54, 1.807) is 18.2 Å². The van der Waals surface area contributed by atoms with Crippen LogP contribution in [0.3, 0.4) is 0 Å². The summed E-state index contributed by atoms with van der Waals surface area (Å²) in [6, 6.07) is 7.14. The maximum absolute atomic E-state index is 12.2. The molecule has 2 amide bonds. The number of carbonyl (C=O) groups excluding carboxylic acids is 2. The van der Waals surface area contributed by atoms with Crippen molar-refractivity contribution < 1.29 is 9.59 Å². The van der Waals surface area contributed by atoms with Gasteiger partial charge in [-0.15, -0.1) is 0 Å². The fraction of sp³-hybridized carbons (Fsp3) is 0.529. The van der Waals surface area contributed by atoms with Crippen molar-refractivity contribution in [3.63, 3.8) is 0 Å². The van der Waals surface area contributed by atoms with Crippen molar-refractivity contribution in [2.45, 2.75) is 45.4 Å². The molecule has 0 atom stereocenters. The molecule has 0 bridgehead atoms. The van der Waals surface area contributed by atoms with E-state index in [4.69, 9.17) is 0 Å². The van der Waals surface area contributed by atoms with Crippen molar-refractivity contribution in [3.8, 4) is 0 Å². The summed E-state index contributed by atoms with van der Waals surface area (Å²) in [7, 11) is 0. The van der Waals surface area contributed by atoms with Gasteiger partial charge in [-0.3, -0.25) is 9.59 Å². The summed E-state index contributed by atoms with van der Waals surface area (Å²) in [5, 5.41) is 5.78. The monoisotopic (exact) mass is 288 g/mol. The fourth-order valence-corrected chi connectivity index (χ4v) is 2.69. The standard InChI is InChI=1S/C17H24N2O2/c1-2-11-18-16(20)14-9-6-10-15(12-14)19-17(21)13-7-4-3-5-8-13/h6,9-10,12-13H,2-5,7-8,11H2,1H3,(H,18,20)(H,19,21). The highest BCUT2D eigenvalue weighted by Gasteiger charge is 2.21. The Labute approximate surface area is 126 Å². The van der Waals surface area contributed by atoms with Crippen molar-refractivity contribution in [3.05, 3.63) is 29.8 Å². The lowest BCUT2D eigenvalue weighted by atomic mass is 9.88. The van der Waals surface area contributed by atoms with Crippen molar-refractivity contribution in [2.24, 2.45) is 5.92 Å². The molecule has 2 N–H and O–H groups in total. The second kappa shape index (κ2) is 7.81. The van der Waals surface area contributed by atoms with E-state index in [0.717, 1.165) is 32.1 Å². The van der Waals surface area contributed by atoms with Crippen LogP contribution in [0.15, 0.2) is 24.3 Å². The quantitative estimate of drug-likeness (QED) is 0.873. The van der Waals surface area contributed by atoms with Crippen LogP contribution >= 0.6 is 0 Å². The van der Waals surface area contributed by atoms with E-state index in [2.05, 4.69) is 10.6 Å². The molecule has 114 valence electrons. The zero-order valence-corrected chi connectivity index (χ0v) is 12.7. The largest absolute Gasteiger partial charge is 0.352 e. The first-order chi connectivity index (χ1) is 10.2. The molecule has 0 aromatic heterocycles. The highest BCUT2D eigenvalue weighted by Crippen LogP contribution is 2.25. The van der Waals surface area contributed by atoms with Crippen LogP contribution in [0, 0.1) is 5.92 Å². The predicted molar refractivity (Wildman–Crippen MR) is 84.3 cm³/mol. The van der Waals surface area contributed by atoms with Crippen molar-refractivity contribution in [2.75, 3.05) is 11.9 Å². The Balaban J connectivity index is 1.96. The lowest BCUT2D eigenvalue weighted by Gasteiger charge is -2.20. The van der Waals surface area contributed by atoms with Gasteiger partial charge in [0.15, 0.2) is 0 Å². The second-order valence-electron chi connectivity index (χ2n) is 5.66. The van der Waals surface area contributed by atoms with Crippen molar-refractivity contribution >= 4 is 17.5 Å². The number of hydrogen-bond acceptors (Lipinski definition) is 2. The number of amides is 2. The summed E-state index contributed by atoms with van der Waals surface area (Å²) in [4.78, 5) is 24.1. The van der Waals surface area contributed by atoms with Crippen LogP contribution in [0.2, 0.25) is 0 Å². The van der Waals surface area contributed by atoms with E-state index in [-0.39, 0.29) is 17.7 Å². The molecule has 1 fully saturated rings. The number of benzene rings is 1. The molecule has 21 heavy (non-hydrogen) atoms. The van der Waals surface area contributed by atoms with E-state index in [9.17, 15) is 9.59 Å². The summed E-state index contributed by atoms with van der Waals surface area (Å²) in [5.74, 6) is 0.114. The smallest absolute Gasteiger partial charge is 0.251 e. The molecule has 0 aliphatic heterocycles. The molecule has 0 spiro atoms. The van der Waals surface area contributed by atoms with Crippen LogP contribution in [0.1, 0.15) is 55.8 Å². The van der Waals surface area contributed by atoms with Crippen molar-refractivity contribution in [1.29, 1.82) is 0 Å². The highest BCUT2D eigenvalue weighted by molar-refractivity contribution is 5.97. The second-order valence-corrected chi connectivity index (χ2v) is 5.66. The third-order valence-electron chi connectivity index (χ3n) is 3.90. The predicted octanol–water partition coefficient (Wildman–Crippen LogP) is 3.35. The third kappa shape index (κ3) is 4.59. The number of anilines is 1. The number of rotatable bonds is 5. The Hall–Kier alpha value is -1.84. The average Bonchev–Trinajstić information content (AvgIpc) is 2.53. The Morgan fingerprint density at radius 3 is 2.67 bits per heavy atom. The molecule has 1 aromatic carbocycles. The van der Waals surface area contributed by atoms with Gasteiger partial charge in [0.1, 0.15) is 0 Å². The SMILES string of the molecule is CCCNC(=O)c1cccc(NC(=O)C2CCCCC2)c1. The first-order valence-corrected chi connectivity index (χ1v) is 7.90. The van der Waals surface area contributed by atoms with E-state index < -0.39 is 0 Å². The van der Waals surface area contributed by atoms with Crippen LogP contribution in [0.5, 0.6) is 0 Å². The van der Waals surface area contributed by atoms with Gasteiger partial charge in [0.05, 0.1) is 0 Å². The van der Waals surface area contributed by atoms with Crippen LogP contribution in [0.25, 0.3) is 0 Å². The first kappa shape index (κ1) is 15.5. The molecular formula is C17H24N2O2. The highest BCUT2D eigenvalue weighted by atomic mass is 16.2. The van der Waals surface area contributed by atoms with Gasteiger partial charge in [0, 0.05) is 23.7 Å². The van der Waals surface area contributed by atoms with Gasteiger partial charge in [-0.25, -0.2) is 0 Å². The van der Waals surface area contributed by atoms with Gasteiger partial charge in [-0.1, -0.05) is 32.3 Å². The summed E-state index contributed by atoms with van der Waals surface area (Å²) in [6.45, 7) is 2.68. The molecule has 4 nitrogen and oxygen atoms in total. The average molecular weight is 288 g/mol. The van der Waals surface area contributed by atoms with Gasteiger partial charge < -0.3 is 10.6 Å². The molecule has 1 saturated carbocycles. The van der Waals surface area contributed by atoms with Crippen LogP contribution < -0.4 is 10.6 Å². The zero-order chi connectivity index (χ0) is 15.1. The van der Waals surface area contributed by atoms with E-state index in [1.165, 1.54) is 6.42 Å². The molecule has 2 rings (SSSR count). The van der Waals surface area contributed by atoms with Crippen LogP contribution in [0.4, 0.5) is 5.69 Å². The van der Waals surface area contributed by atoms with E-state index in [1.807, 2.05) is 13.0 Å². The lowest BCUT2D eigenvalue weighted by Crippen LogP contribution is -2.26. The third-order valence-corrected chi connectivity index (χ3v) is 3.90. The molecule has 1 aliphatic carbocycles. The molecule has 4 heteroatoms. The first-order valence-electron chi connectivity index (χ1n) is 7.90. The van der Waals surface area contributed by atoms with Crippen LogP contribution in [-0.4, -0.2) is 18.4 Å². The van der Waals surface area contributed by atoms with Gasteiger partial charge in [-0.05, 0) is 37.5 Å². The minimum atomic E-state index is -0.0920. The summed E-state index contributed by atoms with van der Waals surface area (Å²) in [5.41, 5.74) is 1.29. The maximum atomic E-state index is 12.2. The molecule has 0 heterocycles. The van der Waals surface area contributed by atoms with E-state index in [0.29, 0.717) is 17.8 Å². The molecule has 0 radical (unpaired) electrons. The Bertz CT molecular complexity index is 493. The van der Waals surface area contributed by atoms with Gasteiger partial charge in [0.2, 0.25) is 5.91 Å². The molecule has 1 aromatic rings. The maximum Gasteiger partial charge on any atom is 0.251 e. The summed E-state index contributed by atoms with van der Waals surface area (Å²) < 4.78 is 0. The zero-order valence-electron chi connectivity index (χ0n) is 12.7. The molecule has 1 aliphatic rings. The molecule has 0 saturated heterocycles. The minimum absolute atomic E-state index is 0.0841. The van der Waals surface area contributed by atoms with Gasteiger partial charge in [0.25, 0.3) is 5.91 Å². The Morgan fingerprint density at radius 1 is 1.19 bits per heavy atom. The Morgan fingerprint density at radius 2 is 1.95 bits per heavy atom. The summed E-state index contributed by atoms with van der Waals surface area (Å²) >= 11 is 0. The topological polar surface area (TPSA) is 58.2 Å². The fourth-order valence-electron chi connectivity index (χ4n) is 2.69. The number of carbonyl (C=O) groups is 2. The molecule has 0 unspecified atom stereocenters. The Kier molecular flexibility index (Phi) is 5.78. The van der Waals surface area contributed by atoms with Gasteiger partial charge >= 0.3 is 0 Å². The minimum Gasteiger partial charge on any atom is -0.352 e. The number of nitrogens with one attached hydrogen (secondary N) is 2. The van der Waals surface area contributed by atoms with Crippen LogP contribution in [-0.2, 0) is 4.79 Å². The van der Waals surface area contributed by atoms with E-state index >= 15 is 0 Å². The van der Waals surface area contributed by atoms with Crippen molar-refractivity contribution in [1.82, 2.24) is 5.32 Å². The van der Waals surface area contributed by atoms with Gasteiger partial charge in [-0.2, -0.15) is 0 Å².